The number of para-hydroxylation sites is 1. The second kappa shape index (κ2) is 2.54. The molecule has 3 heteroatoms. The van der Waals surface area contributed by atoms with E-state index in [9.17, 15) is 4.79 Å². The van der Waals surface area contributed by atoms with Crippen molar-refractivity contribution in [3.8, 4) is 5.75 Å². The predicted octanol–water partition coefficient (Wildman–Crippen LogP) is 1.95. The molecule has 1 aliphatic carbocycles. The number of carbonyl (C=O) groups is 1. The van der Waals surface area contributed by atoms with E-state index in [4.69, 9.17) is 4.74 Å². The van der Waals surface area contributed by atoms with Crippen molar-refractivity contribution in [1.29, 1.82) is 0 Å². The second-order valence-corrected chi connectivity index (χ2v) is 3.29. The molecule has 0 saturated heterocycles. The van der Waals surface area contributed by atoms with Gasteiger partial charge >= 0.3 is 0 Å². The van der Waals surface area contributed by atoms with E-state index < -0.39 is 0 Å². The number of hydrogen-bond acceptors (Lipinski definition) is 2. The summed E-state index contributed by atoms with van der Waals surface area (Å²) in [7, 11) is 0. The fraction of sp³-hybridized carbons (Fsp3) is 0.0909. The van der Waals surface area contributed by atoms with Gasteiger partial charge in [0.1, 0.15) is 11.5 Å². The molecule has 0 N–H and O–H groups in total. The summed E-state index contributed by atoms with van der Waals surface area (Å²) in [6.45, 7) is 0. The zero-order chi connectivity index (χ0) is 9.54. The number of nitrogens with zero attached hydrogens (tertiary/aromatic N) is 1. The minimum atomic E-state index is -0.237. The first-order chi connectivity index (χ1) is 6.84. The van der Waals surface area contributed by atoms with Crippen LogP contribution in [-0.2, 0) is 0 Å². The number of aliphatic imine (C=N–C) groups is 1. The molecule has 0 spiro atoms. The summed E-state index contributed by atoms with van der Waals surface area (Å²) in [4.78, 5) is 15.4. The molecule has 0 unspecified atom stereocenters. The van der Waals surface area contributed by atoms with Crippen LogP contribution in [0.2, 0.25) is 0 Å². The summed E-state index contributed by atoms with van der Waals surface area (Å²) in [6.07, 6.45) is 2.40. The first-order valence-electron chi connectivity index (χ1n) is 4.42. The van der Waals surface area contributed by atoms with Crippen LogP contribution in [0, 0.1) is 0 Å². The summed E-state index contributed by atoms with van der Waals surface area (Å²) in [6, 6.07) is 7.17. The third-order valence-corrected chi connectivity index (χ3v) is 2.27. The lowest BCUT2D eigenvalue weighted by atomic mass is 10.2. The molecular formula is C11H7NO2. The Hall–Kier alpha value is -1.90. The molecular weight excluding hydrogens is 178 g/mol. The topological polar surface area (TPSA) is 38.7 Å². The van der Waals surface area contributed by atoms with Crippen LogP contribution in [0.15, 0.2) is 40.6 Å². The fourth-order valence-electron chi connectivity index (χ4n) is 1.42. The molecule has 1 heterocycles. The molecule has 1 aromatic carbocycles. The Morgan fingerprint density at radius 3 is 3.07 bits per heavy atom. The van der Waals surface area contributed by atoms with Gasteiger partial charge in [-0.1, -0.05) is 12.1 Å². The summed E-state index contributed by atoms with van der Waals surface area (Å²) < 4.78 is 5.55. The van der Waals surface area contributed by atoms with Crippen molar-refractivity contribution < 1.29 is 9.53 Å². The Labute approximate surface area is 80.7 Å². The van der Waals surface area contributed by atoms with E-state index in [1.165, 1.54) is 0 Å². The largest absolute Gasteiger partial charge is 0.460 e. The van der Waals surface area contributed by atoms with Crippen molar-refractivity contribution in [3.05, 3.63) is 41.2 Å². The van der Waals surface area contributed by atoms with Crippen LogP contribution in [-0.4, -0.2) is 12.1 Å². The predicted molar refractivity (Wildman–Crippen MR) is 51.5 cm³/mol. The van der Waals surface area contributed by atoms with Crippen molar-refractivity contribution in [1.82, 2.24) is 0 Å². The zero-order valence-electron chi connectivity index (χ0n) is 7.36. The van der Waals surface area contributed by atoms with Gasteiger partial charge in [0.05, 0.1) is 5.56 Å². The average molecular weight is 185 g/mol. The van der Waals surface area contributed by atoms with Crippen LogP contribution in [0.5, 0.6) is 5.75 Å². The first kappa shape index (κ1) is 7.50. The van der Waals surface area contributed by atoms with Crippen LogP contribution in [0.25, 0.3) is 0 Å². The molecule has 0 radical (unpaired) electrons. The van der Waals surface area contributed by atoms with Crippen LogP contribution in [0.3, 0.4) is 0 Å². The maximum Gasteiger partial charge on any atom is 0.280 e. The highest BCUT2D eigenvalue weighted by atomic mass is 16.5. The molecule has 1 amide bonds. The summed E-state index contributed by atoms with van der Waals surface area (Å²) in [5, 5.41) is 0. The highest BCUT2D eigenvalue weighted by Gasteiger charge is 2.26. The molecule has 68 valence electrons. The first-order valence-corrected chi connectivity index (χ1v) is 4.42. The molecule has 1 aliphatic heterocycles. The van der Waals surface area contributed by atoms with Crippen LogP contribution in [0.4, 0.5) is 0 Å². The monoisotopic (exact) mass is 185 g/mol. The standard InChI is InChI=1S/C11H7NO2/c13-11-8-3-1-2-4-9(8)14-10-5-7(10)6-12-11/h1-4,6H,5H2. The minimum absolute atomic E-state index is 0.237. The molecule has 0 aromatic heterocycles. The average Bonchev–Trinajstić information content (AvgIpc) is 2.91. The molecule has 0 bridgehead atoms. The normalized spacial score (nSPS) is 17.9. The van der Waals surface area contributed by atoms with E-state index in [0.29, 0.717) is 11.3 Å². The van der Waals surface area contributed by atoms with E-state index in [-0.39, 0.29) is 5.91 Å². The summed E-state index contributed by atoms with van der Waals surface area (Å²) in [5.41, 5.74) is 1.55. The van der Waals surface area contributed by atoms with Gasteiger partial charge < -0.3 is 4.74 Å². The fourth-order valence-corrected chi connectivity index (χ4v) is 1.42. The van der Waals surface area contributed by atoms with Gasteiger partial charge in [0, 0.05) is 18.2 Å². The van der Waals surface area contributed by atoms with Gasteiger partial charge in [0.2, 0.25) is 0 Å². The maximum absolute atomic E-state index is 11.5. The number of fused-ring (bicyclic) bond motifs is 1. The molecule has 14 heavy (non-hydrogen) atoms. The van der Waals surface area contributed by atoms with Crippen LogP contribution < -0.4 is 4.74 Å². The van der Waals surface area contributed by atoms with Gasteiger partial charge in [0.15, 0.2) is 0 Å². The van der Waals surface area contributed by atoms with Gasteiger partial charge in [0.25, 0.3) is 5.91 Å². The molecule has 0 atom stereocenters. The van der Waals surface area contributed by atoms with Gasteiger partial charge in [-0.05, 0) is 12.1 Å². The molecule has 3 nitrogen and oxygen atoms in total. The van der Waals surface area contributed by atoms with E-state index >= 15 is 0 Å². The van der Waals surface area contributed by atoms with Crippen molar-refractivity contribution in [2.75, 3.05) is 0 Å². The second-order valence-electron chi connectivity index (χ2n) is 3.29. The number of hydrogen-bond donors (Lipinski definition) is 0. The number of benzene rings is 1. The SMILES string of the molecule is O=C1N=CC2=C(C2)Oc2ccccc21. The molecule has 3 rings (SSSR count). The van der Waals surface area contributed by atoms with E-state index in [0.717, 1.165) is 17.8 Å². The van der Waals surface area contributed by atoms with Gasteiger partial charge in [-0.15, -0.1) is 0 Å². The van der Waals surface area contributed by atoms with Crippen molar-refractivity contribution in [2.24, 2.45) is 4.99 Å². The number of amides is 1. The lowest BCUT2D eigenvalue weighted by molar-refractivity contribution is 0.100. The third-order valence-electron chi connectivity index (χ3n) is 2.27. The minimum Gasteiger partial charge on any atom is -0.460 e. The Balaban J connectivity index is 2.16. The van der Waals surface area contributed by atoms with E-state index in [1.807, 2.05) is 6.07 Å². The van der Waals surface area contributed by atoms with Gasteiger partial charge in [-0.3, -0.25) is 4.79 Å². The maximum atomic E-state index is 11.5. The zero-order valence-corrected chi connectivity index (χ0v) is 7.36. The quantitative estimate of drug-likeness (QED) is 0.619. The Kier molecular flexibility index (Phi) is 1.36. The van der Waals surface area contributed by atoms with Gasteiger partial charge in [-0.2, -0.15) is 0 Å². The van der Waals surface area contributed by atoms with E-state index in [1.54, 1.807) is 24.4 Å². The highest BCUT2D eigenvalue weighted by molar-refractivity contribution is 6.05. The molecule has 0 saturated carbocycles. The van der Waals surface area contributed by atoms with Crippen molar-refractivity contribution in [3.63, 3.8) is 0 Å². The van der Waals surface area contributed by atoms with Crippen molar-refractivity contribution in [2.45, 2.75) is 6.42 Å². The number of allylic oxidation sites excluding steroid dienone is 2. The number of rotatable bonds is 0. The lowest BCUT2D eigenvalue weighted by Crippen LogP contribution is -2.00. The lowest BCUT2D eigenvalue weighted by Gasteiger charge is -2.06. The van der Waals surface area contributed by atoms with Gasteiger partial charge in [-0.25, -0.2) is 4.99 Å². The molecule has 0 fully saturated rings. The van der Waals surface area contributed by atoms with E-state index in [2.05, 4.69) is 4.99 Å². The third kappa shape index (κ3) is 1.06. The highest BCUT2D eigenvalue weighted by Crippen LogP contribution is 2.34. The molecule has 1 aromatic rings. The summed E-state index contributed by atoms with van der Waals surface area (Å²) >= 11 is 0. The summed E-state index contributed by atoms with van der Waals surface area (Å²) in [5.74, 6) is 1.30. The smallest absolute Gasteiger partial charge is 0.280 e. The van der Waals surface area contributed by atoms with Crippen molar-refractivity contribution >= 4 is 12.1 Å². The number of carbonyl (C=O) groups excluding carboxylic acids is 1. The van der Waals surface area contributed by atoms with Crippen LogP contribution in [0.1, 0.15) is 16.8 Å². The van der Waals surface area contributed by atoms with Crippen LogP contribution >= 0.6 is 0 Å². The Morgan fingerprint density at radius 1 is 1.29 bits per heavy atom. The Bertz CT molecular complexity index is 486. The Morgan fingerprint density at radius 2 is 2.14 bits per heavy atom. The molecule has 2 aliphatic rings. The number of ether oxygens (including phenoxy) is 1.